The molecule has 0 N–H and O–H groups in total. The summed E-state index contributed by atoms with van der Waals surface area (Å²) in [6.07, 6.45) is 9.10. The first kappa shape index (κ1) is 16.5. The van der Waals surface area contributed by atoms with Crippen molar-refractivity contribution in [2.45, 2.75) is 50.9 Å². The first-order valence-corrected chi connectivity index (χ1v) is 10.6. The average Bonchev–Trinajstić information content (AvgIpc) is 3.06. The Bertz CT molecular complexity index is 1060. The Labute approximate surface area is 165 Å². The Morgan fingerprint density at radius 3 is 2.39 bits per heavy atom. The molecule has 4 saturated carbocycles. The van der Waals surface area contributed by atoms with E-state index in [-0.39, 0.29) is 5.41 Å². The second kappa shape index (κ2) is 5.79. The normalized spacial score (nSPS) is 30.8. The number of nitrogens with zero attached hydrogens (tertiary/aromatic N) is 1. The molecule has 4 aliphatic carbocycles. The van der Waals surface area contributed by atoms with Gasteiger partial charge in [-0.05, 0) is 91.0 Å². The third-order valence-electron chi connectivity index (χ3n) is 7.56. The molecule has 3 aromatic rings. The van der Waals surface area contributed by atoms with E-state index < -0.39 is 0 Å². The number of aromatic nitrogens is 1. The van der Waals surface area contributed by atoms with Crippen LogP contribution in [-0.4, -0.2) is 11.3 Å². The fourth-order valence-electron chi connectivity index (χ4n) is 6.94. The molecule has 7 rings (SSSR count). The van der Waals surface area contributed by atoms with Crippen molar-refractivity contribution in [1.29, 1.82) is 0 Å². The van der Waals surface area contributed by atoms with Crippen molar-refractivity contribution in [1.82, 2.24) is 4.98 Å². The quantitative estimate of drug-likeness (QED) is 0.524. The molecule has 0 amide bonds. The third-order valence-corrected chi connectivity index (χ3v) is 7.56. The summed E-state index contributed by atoms with van der Waals surface area (Å²) in [6.45, 7) is 1.94. The zero-order chi connectivity index (χ0) is 18.9. The number of oxazole rings is 1. The molecule has 142 valence electrons. The van der Waals surface area contributed by atoms with Gasteiger partial charge in [-0.15, -0.1) is 0 Å². The van der Waals surface area contributed by atoms with Gasteiger partial charge in [0.05, 0.1) is 0 Å². The molecule has 28 heavy (non-hydrogen) atoms. The Hall–Kier alpha value is -2.42. The molecule has 0 spiro atoms. The minimum Gasteiger partial charge on any atom is -0.441 e. The van der Waals surface area contributed by atoms with Crippen LogP contribution in [0.15, 0.2) is 40.8 Å². The van der Waals surface area contributed by atoms with Crippen molar-refractivity contribution < 1.29 is 9.21 Å². The van der Waals surface area contributed by atoms with Crippen molar-refractivity contribution in [2.75, 3.05) is 0 Å². The number of fused-ring (bicyclic) bond motifs is 1. The highest BCUT2D eigenvalue weighted by Gasteiger charge is 2.52. The smallest absolute Gasteiger partial charge is 0.192 e. The van der Waals surface area contributed by atoms with Gasteiger partial charge in [-0.3, -0.25) is 4.79 Å². The van der Waals surface area contributed by atoms with E-state index in [1.807, 2.05) is 25.1 Å². The standard InChI is InChI=1S/C25H25NO2/c1-15-26-23-10-21(20-4-2-3-16(8-20)14-27)9-22(24(23)28-15)25-11-17-5-18(12-25)7-19(6-17)13-25/h2-4,8-10,14,17-19H,5-7,11-13H2,1H3. The van der Waals surface area contributed by atoms with E-state index in [4.69, 9.17) is 9.40 Å². The SMILES string of the molecule is Cc1nc2cc(-c3cccc(C=O)c3)cc(C34CC5CC(CC(C5)C3)C4)c2o1. The van der Waals surface area contributed by atoms with Crippen LogP contribution in [0, 0.1) is 24.7 Å². The summed E-state index contributed by atoms with van der Waals surface area (Å²) in [7, 11) is 0. The Morgan fingerprint density at radius 2 is 1.71 bits per heavy atom. The molecular weight excluding hydrogens is 346 g/mol. The number of carbonyl (C=O) groups excluding carboxylic acids is 1. The first-order valence-electron chi connectivity index (χ1n) is 10.6. The van der Waals surface area contributed by atoms with Crippen LogP contribution >= 0.6 is 0 Å². The van der Waals surface area contributed by atoms with Gasteiger partial charge in [-0.25, -0.2) is 4.98 Å². The lowest BCUT2D eigenvalue weighted by molar-refractivity contribution is -0.00487. The summed E-state index contributed by atoms with van der Waals surface area (Å²) in [4.78, 5) is 16.0. The van der Waals surface area contributed by atoms with E-state index in [2.05, 4.69) is 18.2 Å². The van der Waals surface area contributed by atoms with Gasteiger partial charge in [0.1, 0.15) is 11.8 Å². The molecule has 0 radical (unpaired) electrons. The summed E-state index contributed by atoms with van der Waals surface area (Å²) in [5.41, 5.74) is 6.51. The van der Waals surface area contributed by atoms with Crippen molar-refractivity contribution in [3.05, 3.63) is 53.4 Å². The number of hydrogen-bond acceptors (Lipinski definition) is 3. The molecular formula is C25H25NO2. The number of aldehydes is 1. The van der Waals surface area contributed by atoms with Gasteiger partial charge in [0.2, 0.25) is 0 Å². The zero-order valence-electron chi connectivity index (χ0n) is 16.3. The van der Waals surface area contributed by atoms with Crippen LogP contribution < -0.4 is 0 Å². The molecule has 1 heterocycles. The minimum atomic E-state index is 0.247. The topological polar surface area (TPSA) is 43.1 Å². The maximum atomic E-state index is 11.3. The predicted molar refractivity (Wildman–Crippen MR) is 109 cm³/mol. The molecule has 0 saturated heterocycles. The summed E-state index contributed by atoms with van der Waals surface area (Å²) >= 11 is 0. The molecule has 4 aliphatic rings. The monoisotopic (exact) mass is 371 g/mol. The van der Waals surface area contributed by atoms with Crippen LogP contribution in [0.2, 0.25) is 0 Å². The Balaban J connectivity index is 1.56. The van der Waals surface area contributed by atoms with Gasteiger partial charge in [0.25, 0.3) is 0 Å². The van der Waals surface area contributed by atoms with Gasteiger partial charge in [-0.1, -0.05) is 18.2 Å². The van der Waals surface area contributed by atoms with Crippen LogP contribution in [0.4, 0.5) is 0 Å². The maximum absolute atomic E-state index is 11.3. The second-order valence-corrected chi connectivity index (χ2v) is 9.55. The lowest BCUT2D eigenvalue weighted by Gasteiger charge is -2.57. The molecule has 0 aliphatic heterocycles. The average molecular weight is 371 g/mol. The van der Waals surface area contributed by atoms with E-state index in [9.17, 15) is 4.79 Å². The number of hydrogen-bond donors (Lipinski definition) is 0. The van der Waals surface area contributed by atoms with Gasteiger partial charge in [-0.2, -0.15) is 0 Å². The predicted octanol–water partition coefficient (Wildman–Crippen LogP) is 6.08. The van der Waals surface area contributed by atoms with E-state index in [1.165, 1.54) is 44.1 Å². The highest BCUT2D eigenvalue weighted by molar-refractivity contribution is 5.86. The minimum absolute atomic E-state index is 0.247. The lowest BCUT2D eigenvalue weighted by Crippen LogP contribution is -2.48. The molecule has 2 aromatic carbocycles. The molecule has 4 fully saturated rings. The Kier molecular flexibility index (Phi) is 3.42. The summed E-state index contributed by atoms with van der Waals surface area (Å²) in [5, 5.41) is 0. The van der Waals surface area contributed by atoms with Gasteiger partial charge >= 0.3 is 0 Å². The van der Waals surface area contributed by atoms with Crippen molar-refractivity contribution >= 4 is 17.4 Å². The zero-order valence-corrected chi connectivity index (χ0v) is 16.3. The van der Waals surface area contributed by atoms with Crippen LogP contribution in [0.5, 0.6) is 0 Å². The third kappa shape index (κ3) is 2.41. The second-order valence-electron chi connectivity index (χ2n) is 9.55. The molecule has 0 atom stereocenters. The van der Waals surface area contributed by atoms with E-state index in [0.29, 0.717) is 5.56 Å². The number of aryl methyl sites for hydroxylation is 1. The van der Waals surface area contributed by atoms with Gasteiger partial charge in [0.15, 0.2) is 11.5 Å². The Morgan fingerprint density at radius 1 is 1.00 bits per heavy atom. The van der Waals surface area contributed by atoms with Crippen LogP contribution in [0.1, 0.15) is 60.3 Å². The molecule has 4 bridgehead atoms. The van der Waals surface area contributed by atoms with Crippen molar-refractivity contribution in [2.24, 2.45) is 17.8 Å². The number of carbonyl (C=O) groups is 1. The highest BCUT2D eigenvalue weighted by Crippen LogP contribution is 2.61. The number of benzene rings is 2. The summed E-state index contributed by atoms with van der Waals surface area (Å²) in [5.74, 6) is 3.38. The number of rotatable bonds is 3. The van der Waals surface area contributed by atoms with Crippen LogP contribution in [-0.2, 0) is 5.41 Å². The first-order chi connectivity index (χ1) is 13.6. The van der Waals surface area contributed by atoms with E-state index >= 15 is 0 Å². The van der Waals surface area contributed by atoms with Crippen molar-refractivity contribution in [3.8, 4) is 11.1 Å². The van der Waals surface area contributed by atoms with Crippen LogP contribution in [0.25, 0.3) is 22.2 Å². The lowest BCUT2D eigenvalue weighted by atomic mass is 9.48. The van der Waals surface area contributed by atoms with E-state index in [0.717, 1.165) is 52.2 Å². The molecule has 1 aromatic heterocycles. The largest absolute Gasteiger partial charge is 0.441 e. The maximum Gasteiger partial charge on any atom is 0.192 e. The fourth-order valence-corrected chi connectivity index (χ4v) is 6.94. The van der Waals surface area contributed by atoms with Gasteiger partial charge in [0, 0.05) is 18.1 Å². The van der Waals surface area contributed by atoms with Crippen molar-refractivity contribution in [3.63, 3.8) is 0 Å². The van der Waals surface area contributed by atoms with Crippen LogP contribution in [0.3, 0.4) is 0 Å². The fraction of sp³-hybridized carbons (Fsp3) is 0.440. The van der Waals surface area contributed by atoms with E-state index in [1.54, 1.807) is 0 Å². The molecule has 3 nitrogen and oxygen atoms in total. The highest BCUT2D eigenvalue weighted by atomic mass is 16.3. The molecule has 3 heteroatoms. The molecule has 0 unspecified atom stereocenters. The summed E-state index contributed by atoms with van der Waals surface area (Å²) in [6, 6.07) is 12.4. The summed E-state index contributed by atoms with van der Waals surface area (Å²) < 4.78 is 6.16. The van der Waals surface area contributed by atoms with Gasteiger partial charge < -0.3 is 4.42 Å².